The highest BCUT2D eigenvalue weighted by atomic mass is 16.5. The van der Waals surface area contributed by atoms with E-state index in [-0.39, 0.29) is 0 Å². The first-order valence-electron chi connectivity index (χ1n) is 7.93. The molecule has 1 fully saturated rings. The van der Waals surface area contributed by atoms with Gasteiger partial charge in [-0.3, -0.25) is 0 Å². The molecule has 1 heterocycles. The van der Waals surface area contributed by atoms with Gasteiger partial charge >= 0.3 is 6.01 Å². The Balaban J connectivity index is 2.07. The van der Waals surface area contributed by atoms with E-state index >= 15 is 0 Å². The number of ether oxygens (including phenoxy) is 1. The van der Waals surface area contributed by atoms with E-state index in [2.05, 4.69) is 46.4 Å². The molecule has 0 aliphatic heterocycles. The maximum Gasteiger partial charge on any atom is 0.323 e. The molecule has 1 aromatic heterocycles. The number of rotatable bonds is 6. The molecule has 118 valence electrons. The van der Waals surface area contributed by atoms with Crippen LogP contribution >= 0.6 is 0 Å². The van der Waals surface area contributed by atoms with Crippen LogP contribution in [0.5, 0.6) is 6.01 Å². The molecule has 0 saturated heterocycles. The Morgan fingerprint density at radius 3 is 2.33 bits per heavy atom. The van der Waals surface area contributed by atoms with Gasteiger partial charge in [-0.15, -0.1) is 0 Å². The van der Waals surface area contributed by atoms with Crippen LogP contribution in [0.3, 0.4) is 0 Å². The first-order valence-corrected chi connectivity index (χ1v) is 7.93. The summed E-state index contributed by atoms with van der Waals surface area (Å²) >= 11 is 0. The lowest BCUT2D eigenvalue weighted by Gasteiger charge is -2.31. The smallest absolute Gasteiger partial charge is 0.323 e. The minimum absolute atomic E-state index is 0.385. The summed E-state index contributed by atoms with van der Waals surface area (Å²) in [6, 6.07) is 0.811. The summed E-state index contributed by atoms with van der Waals surface area (Å²) in [5.41, 5.74) is 0. The third-order valence-corrected chi connectivity index (χ3v) is 3.79. The van der Waals surface area contributed by atoms with Gasteiger partial charge < -0.3 is 15.4 Å². The van der Waals surface area contributed by atoms with Gasteiger partial charge in [0.15, 0.2) is 0 Å². The Kier molecular flexibility index (Phi) is 5.59. The van der Waals surface area contributed by atoms with Crippen LogP contribution in [0.4, 0.5) is 11.9 Å². The molecule has 0 amide bonds. The Bertz CT molecular complexity index is 444. The quantitative estimate of drug-likeness (QED) is 0.840. The van der Waals surface area contributed by atoms with Crippen molar-refractivity contribution in [3.8, 4) is 6.01 Å². The number of hydrogen-bond acceptors (Lipinski definition) is 6. The highest BCUT2D eigenvalue weighted by molar-refractivity contribution is 5.36. The van der Waals surface area contributed by atoms with E-state index in [4.69, 9.17) is 4.74 Å². The Hall–Kier alpha value is -1.59. The van der Waals surface area contributed by atoms with E-state index in [1.54, 1.807) is 7.05 Å². The van der Waals surface area contributed by atoms with Crippen LogP contribution in [-0.4, -0.2) is 34.6 Å². The zero-order valence-electron chi connectivity index (χ0n) is 13.5. The largest absolute Gasteiger partial charge is 0.463 e. The number of nitrogens with one attached hydrogen (secondary N) is 2. The normalized spacial score (nSPS) is 25.4. The minimum atomic E-state index is 0.385. The number of hydrogen-bond donors (Lipinski definition) is 2. The molecule has 0 bridgehead atoms. The molecule has 2 rings (SSSR count). The maximum absolute atomic E-state index is 5.53. The van der Waals surface area contributed by atoms with Crippen LogP contribution < -0.4 is 15.4 Å². The highest BCUT2D eigenvalue weighted by Gasteiger charge is 2.24. The lowest BCUT2D eigenvalue weighted by atomic mass is 9.80. The topological polar surface area (TPSA) is 72.0 Å². The maximum atomic E-state index is 5.53. The van der Waals surface area contributed by atoms with Crippen molar-refractivity contribution in [2.24, 2.45) is 11.8 Å². The van der Waals surface area contributed by atoms with Crippen molar-refractivity contribution in [1.82, 2.24) is 15.0 Å². The average molecular weight is 293 g/mol. The van der Waals surface area contributed by atoms with Crippen molar-refractivity contribution in [1.29, 1.82) is 0 Å². The molecule has 1 aliphatic rings. The van der Waals surface area contributed by atoms with Gasteiger partial charge in [-0.2, -0.15) is 15.0 Å². The number of anilines is 2. The SMILES string of the molecule is CCCOc1nc(NC)nc(NC2CC(C)CC(C)C2)n1. The molecule has 0 spiro atoms. The molecule has 6 nitrogen and oxygen atoms in total. The minimum Gasteiger partial charge on any atom is -0.463 e. The highest BCUT2D eigenvalue weighted by Crippen LogP contribution is 2.30. The van der Waals surface area contributed by atoms with Gasteiger partial charge in [0.2, 0.25) is 11.9 Å². The van der Waals surface area contributed by atoms with Crippen LogP contribution in [0.2, 0.25) is 0 Å². The molecular weight excluding hydrogens is 266 g/mol. The summed E-state index contributed by atoms with van der Waals surface area (Å²) in [6.07, 6.45) is 4.56. The van der Waals surface area contributed by atoms with E-state index in [0.29, 0.717) is 30.6 Å². The molecule has 2 unspecified atom stereocenters. The first kappa shape index (κ1) is 15.8. The third kappa shape index (κ3) is 4.72. The van der Waals surface area contributed by atoms with E-state index in [9.17, 15) is 0 Å². The van der Waals surface area contributed by atoms with Crippen molar-refractivity contribution < 1.29 is 4.74 Å². The van der Waals surface area contributed by atoms with Gasteiger partial charge in [0.25, 0.3) is 0 Å². The lowest BCUT2D eigenvalue weighted by Crippen LogP contribution is -2.31. The predicted molar refractivity (Wildman–Crippen MR) is 84.7 cm³/mol. The van der Waals surface area contributed by atoms with Gasteiger partial charge in [0.1, 0.15) is 0 Å². The molecule has 2 N–H and O–H groups in total. The summed E-state index contributed by atoms with van der Waals surface area (Å²) in [7, 11) is 1.80. The zero-order chi connectivity index (χ0) is 15.2. The second-order valence-corrected chi connectivity index (χ2v) is 6.12. The van der Waals surface area contributed by atoms with Gasteiger partial charge in [0, 0.05) is 13.1 Å². The molecular formula is C15H27N5O. The fraction of sp³-hybridized carbons (Fsp3) is 0.800. The van der Waals surface area contributed by atoms with E-state index in [0.717, 1.165) is 31.1 Å². The number of aromatic nitrogens is 3. The summed E-state index contributed by atoms with van der Waals surface area (Å²) in [4.78, 5) is 13.0. The second-order valence-electron chi connectivity index (χ2n) is 6.12. The van der Waals surface area contributed by atoms with Gasteiger partial charge in [-0.1, -0.05) is 20.8 Å². The zero-order valence-corrected chi connectivity index (χ0v) is 13.5. The molecule has 21 heavy (non-hydrogen) atoms. The monoisotopic (exact) mass is 293 g/mol. The molecule has 0 aromatic carbocycles. The number of nitrogens with zero attached hydrogens (tertiary/aromatic N) is 3. The molecule has 1 saturated carbocycles. The fourth-order valence-electron chi connectivity index (χ4n) is 3.04. The summed E-state index contributed by atoms with van der Waals surface area (Å²) in [5, 5.41) is 6.41. The Labute approximate surface area is 127 Å². The summed E-state index contributed by atoms with van der Waals surface area (Å²) < 4.78 is 5.53. The molecule has 6 heteroatoms. The van der Waals surface area contributed by atoms with Crippen LogP contribution in [0, 0.1) is 11.8 Å². The predicted octanol–water partition coefficient (Wildman–Crippen LogP) is 2.94. The van der Waals surface area contributed by atoms with Crippen molar-refractivity contribution in [3.63, 3.8) is 0 Å². The van der Waals surface area contributed by atoms with Crippen LogP contribution in [0.15, 0.2) is 0 Å². The molecule has 2 atom stereocenters. The molecule has 1 aromatic rings. The van der Waals surface area contributed by atoms with E-state index < -0.39 is 0 Å². The lowest BCUT2D eigenvalue weighted by molar-refractivity contribution is 0.278. The van der Waals surface area contributed by atoms with Gasteiger partial charge in [-0.25, -0.2) is 0 Å². The average Bonchev–Trinajstić information content (AvgIpc) is 2.43. The second kappa shape index (κ2) is 7.43. The van der Waals surface area contributed by atoms with Crippen molar-refractivity contribution in [2.45, 2.75) is 52.5 Å². The van der Waals surface area contributed by atoms with Crippen LogP contribution in [0.25, 0.3) is 0 Å². The first-order chi connectivity index (χ1) is 10.1. The Morgan fingerprint density at radius 1 is 1.05 bits per heavy atom. The van der Waals surface area contributed by atoms with Crippen molar-refractivity contribution >= 4 is 11.9 Å². The van der Waals surface area contributed by atoms with Crippen LogP contribution in [-0.2, 0) is 0 Å². The summed E-state index contributed by atoms with van der Waals surface area (Å²) in [5.74, 6) is 2.63. The van der Waals surface area contributed by atoms with Crippen molar-refractivity contribution in [3.05, 3.63) is 0 Å². The van der Waals surface area contributed by atoms with Gasteiger partial charge in [-0.05, 0) is 37.5 Å². The van der Waals surface area contributed by atoms with Crippen molar-refractivity contribution in [2.75, 3.05) is 24.3 Å². The standard InChI is InChI=1S/C15H27N5O/c1-5-6-21-15-19-13(16-4)18-14(20-15)17-12-8-10(2)7-11(3)9-12/h10-12H,5-9H2,1-4H3,(H2,16,17,18,19,20). The summed E-state index contributed by atoms with van der Waals surface area (Å²) in [6.45, 7) is 7.30. The fourth-order valence-corrected chi connectivity index (χ4v) is 3.04. The third-order valence-electron chi connectivity index (χ3n) is 3.79. The molecule has 1 aliphatic carbocycles. The Morgan fingerprint density at radius 2 is 1.71 bits per heavy atom. The van der Waals surface area contributed by atoms with E-state index in [1.807, 2.05) is 0 Å². The van der Waals surface area contributed by atoms with Gasteiger partial charge in [0.05, 0.1) is 6.61 Å². The molecule has 0 radical (unpaired) electrons. The van der Waals surface area contributed by atoms with Crippen LogP contribution in [0.1, 0.15) is 46.5 Å². The van der Waals surface area contributed by atoms with E-state index in [1.165, 1.54) is 6.42 Å².